The summed E-state index contributed by atoms with van der Waals surface area (Å²) in [5.74, 6) is 0.728. The van der Waals surface area contributed by atoms with Crippen LogP contribution in [-0.2, 0) is 9.16 Å². The van der Waals surface area contributed by atoms with E-state index in [0.29, 0.717) is 23.7 Å². The van der Waals surface area contributed by atoms with Gasteiger partial charge in [-0.2, -0.15) is 0 Å². The minimum absolute atomic E-state index is 0.284. The fourth-order valence-corrected chi connectivity index (χ4v) is 4.18. The molecule has 0 spiro atoms. The molecular formula is C16H32O2Si. The van der Waals surface area contributed by atoms with Crippen molar-refractivity contribution in [1.29, 1.82) is 0 Å². The smallest absolute Gasteiger partial charge is 0.192 e. The summed E-state index contributed by atoms with van der Waals surface area (Å²) in [6, 6.07) is 0. The summed E-state index contributed by atoms with van der Waals surface area (Å²) >= 11 is 0. The van der Waals surface area contributed by atoms with Gasteiger partial charge in [-0.15, -0.1) is 0 Å². The third-order valence-electron chi connectivity index (χ3n) is 5.50. The third-order valence-corrected chi connectivity index (χ3v) is 10.0. The van der Waals surface area contributed by atoms with Crippen LogP contribution in [0.15, 0.2) is 0 Å². The Kier molecular flexibility index (Phi) is 3.73. The second kappa shape index (κ2) is 4.57. The summed E-state index contributed by atoms with van der Waals surface area (Å²) in [5, 5.41) is 0.284. The van der Waals surface area contributed by atoms with E-state index in [1.807, 2.05) is 0 Å². The first-order valence-corrected chi connectivity index (χ1v) is 10.7. The van der Waals surface area contributed by atoms with Crippen molar-refractivity contribution in [3.63, 3.8) is 0 Å². The van der Waals surface area contributed by atoms with Gasteiger partial charge in [0.15, 0.2) is 8.32 Å². The Morgan fingerprint density at radius 1 is 1.00 bits per heavy atom. The molecule has 0 radical (unpaired) electrons. The molecule has 1 aliphatic carbocycles. The van der Waals surface area contributed by atoms with Gasteiger partial charge in [0, 0.05) is 0 Å². The molecule has 0 unspecified atom stereocenters. The van der Waals surface area contributed by atoms with E-state index in [-0.39, 0.29) is 5.04 Å². The van der Waals surface area contributed by atoms with Gasteiger partial charge in [0.05, 0.1) is 12.2 Å². The second-order valence-electron chi connectivity index (χ2n) is 9.09. The average Bonchev–Trinajstić information content (AvgIpc) is 2.92. The van der Waals surface area contributed by atoms with Crippen molar-refractivity contribution < 1.29 is 9.16 Å². The highest BCUT2D eigenvalue weighted by Crippen LogP contribution is 2.49. The minimum atomic E-state index is -1.68. The fourth-order valence-electron chi connectivity index (χ4n) is 2.84. The van der Waals surface area contributed by atoms with E-state index < -0.39 is 8.32 Å². The summed E-state index contributed by atoms with van der Waals surface area (Å²) in [6.07, 6.45) is 3.62. The van der Waals surface area contributed by atoms with Crippen LogP contribution in [0.2, 0.25) is 18.1 Å². The molecule has 2 rings (SSSR count). The number of hydrogen-bond acceptors (Lipinski definition) is 2. The first-order chi connectivity index (χ1) is 8.42. The van der Waals surface area contributed by atoms with E-state index in [2.05, 4.69) is 54.6 Å². The van der Waals surface area contributed by atoms with E-state index >= 15 is 0 Å². The molecule has 0 N–H and O–H groups in total. The molecule has 0 bridgehead atoms. The Hall–Kier alpha value is 0.137. The third kappa shape index (κ3) is 3.25. The average molecular weight is 285 g/mol. The van der Waals surface area contributed by atoms with Gasteiger partial charge in [-0.3, -0.25) is 0 Å². The van der Waals surface area contributed by atoms with Gasteiger partial charge in [0.2, 0.25) is 0 Å². The van der Waals surface area contributed by atoms with E-state index in [1.54, 1.807) is 0 Å². The highest BCUT2D eigenvalue weighted by Gasteiger charge is 2.55. The molecule has 0 aromatic rings. The van der Waals surface area contributed by atoms with Gasteiger partial charge in [0.25, 0.3) is 0 Å². The fraction of sp³-hybridized carbons (Fsp3) is 1.00. The van der Waals surface area contributed by atoms with Crippen molar-refractivity contribution in [2.24, 2.45) is 11.3 Å². The summed E-state index contributed by atoms with van der Waals surface area (Å²) in [7, 11) is -1.68. The van der Waals surface area contributed by atoms with E-state index in [1.165, 1.54) is 12.8 Å². The molecule has 1 saturated carbocycles. The maximum absolute atomic E-state index is 6.64. The molecule has 19 heavy (non-hydrogen) atoms. The normalized spacial score (nSPS) is 36.0. The van der Waals surface area contributed by atoms with Crippen LogP contribution in [0, 0.1) is 11.3 Å². The van der Waals surface area contributed by atoms with Crippen LogP contribution in [-0.4, -0.2) is 26.6 Å². The topological polar surface area (TPSA) is 21.8 Å². The zero-order chi connectivity index (χ0) is 14.6. The zero-order valence-electron chi connectivity index (χ0n) is 14.0. The predicted octanol–water partition coefficient (Wildman–Crippen LogP) is 4.60. The molecule has 112 valence electrons. The Balaban J connectivity index is 2.05. The molecular weight excluding hydrogens is 252 g/mol. The predicted molar refractivity (Wildman–Crippen MR) is 82.9 cm³/mol. The monoisotopic (exact) mass is 284 g/mol. The van der Waals surface area contributed by atoms with E-state index in [4.69, 9.17) is 9.16 Å². The Morgan fingerprint density at radius 3 is 2.05 bits per heavy atom. The van der Waals surface area contributed by atoms with Crippen molar-refractivity contribution in [2.45, 2.75) is 90.8 Å². The van der Waals surface area contributed by atoms with Gasteiger partial charge in [-0.1, -0.05) is 41.5 Å². The Labute approximate surface area is 120 Å². The molecule has 0 aromatic heterocycles. The summed E-state index contributed by atoms with van der Waals surface area (Å²) in [4.78, 5) is 0. The van der Waals surface area contributed by atoms with Crippen LogP contribution in [0.1, 0.15) is 54.4 Å². The highest BCUT2D eigenvalue weighted by atomic mass is 28.4. The van der Waals surface area contributed by atoms with Gasteiger partial charge >= 0.3 is 0 Å². The molecule has 2 aliphatic rings. The molecule has 4 atom stereocenters. The lowest BCUT2D eigenvalue weighted by atomic mass is 9.72. The quantitative estimate of drug-likeness (QED) is 0.546. The van der Waals surface area contributed by atoms with Crippen LogP contribution in [0.5, 0.6) is 0 Å². The van der Waals surface area contributed by atoms with Crippen molar-refractivity contribution in [3.05, 3.63) is 0 Å². The van der Waals surface area contributed by atoms with Gasteiger partial charge in [-0.25, -0.2) is 0 Å². The lowest BCUT2D eigenvalue weighted by molar-refractivity contribution is 0.0780. The summed E-state index contributed by atoms with van der Waals surface area (Å²) < 4.78 is 12.5. The number of rotatable bonds is 2. The van der Waals surface area contributed by atoms with Gasteiger partial charge < -0.3 is 9.16 Å². The molecule has 1 saturated heterocycles. The van der Waals surface area contributed by atoms with Crippen molar-refractivity contribution >= 4 is 8.32 Å². The maximum Gasteiger partial charge on any atom is 0.192 e. The molecule has 3 heteroatoms. The number of epoxide rings is 1. The van der Waals surface area contributed by atoms with Crippen LogP contribution < -0.4 is 0 Å². The second-order valence-corrected chi connectivity index (χ2v) is 13.8. The van der Waals surface area contributed by atoms with Crippen molar-refractivity contribution in [2.75, 3.05) is 0 Å². The molecule has 0 amide bonds. The molecule has 2 nitrogen and oxygen atoms in total. The van der Waals surface area contributed by atoms with Gasteiger partial charge in [0.1, 0.15) is 6.10 Å². The molecule has 1 aliphatic heterocycles. The Morgan fingerprint density at radius 2 is 1.58 bits per heavy atom. The van der Waals surface area contributed by atoms with Crippen LogP contribution in [0.4, 0.5) is 0 Å². The van der Waals surface area contributed by atoms with Crippen LogP contribution in [0.3, 0.4) is 0 Å². The van der Waals surface area contributed by atoms with Crippen molar-refractivity contribution in [1.82, 2.24) is 0 Å². The molecule has 2 fully saturated rings. The summed E-state index contributed by atoms with van der Waals surface area (Å²) in [5.41, 5.74) is 0.367. The zero-order valence-corrected chi connectivity index (χ0v) is 15.0. The lowest BCUT2D eigenvalue weighted by Gasteiger charge is -2.42. The first kappa shape index (κ1) is 15.5. The molecule has 1 heterocycles. The number of fused-ring (bicyclic) bond motifs is 1. The minimum Gasteiger partial charge on any atom is -0.411 e. The van der Waals surface area contributed by atoms with Gasteiger partial charge in [-0.05, 0) is 42.3 Å². The van der Waals surface area contributed by atoms with Crippen molar-refractivity contribution in [3.8, 4) is 0 Å². The highest BCUT2D eigenvalue weighted by molar-refractivity contribution is 6.74. The van der Waals surface area contributed by atoms with Crippen LogP contribution >= 0.6 is 0 Å². The largest absolute Gasteiger partial charge is 0.411 e. The lowest BCUT2D eigenvalue weighted by Crippen LogP contribution is -2.48. The summed E-state index contributed by atoms with van der Waals surface area (Å²) in [6.45, 7) is 18.7. The number of hydrogen-bond donors (Lipinski definition) is 0. The first-order valence-electron chi connectivity index (χ1n) is 7.75. The SMILES string of the molecule is CC(C)(C)[C@@H]1C[C@H]2O[C@H]2[C@H](O[Si](C)(C)C(C)(C)C)C1. The standard InChI is InChI=1S/C16H32O2Si/c1-15(2,3)11-9-12-14(17-12)13(10-11)18-19(7,8)16(4,5)6/h11-14H,9-10H2,1-8H3/t11-,12-,13-,14-/m1/s1. The maximum atomic E-state index is 6.64. The molecule has 0 aromatic carbocycles. The Bertz CT molecular complexity index is 338. The van der Waals surface area contributed by atoms with E-state index in [9.17, 15) is 0 Å². The van der Waals surface area contributed by atoms with E-state index in [0.717, 1.165) is 5.92 Å². The van der Waals surface area contributed by atoms with Crippen LogP contribution in [0.25, 0.3) is 0 Å². The number of ether oxygens (including phenoxy) is 1.